The van der Waals surface area contributed by atoms with Crippen molar-refractivity contribution < 1.29 is 29.5 Å². The third-order valence-corrected chi connectivity index (χ3v) is 8.95. The van der Waals surface area contributed by atoms with Gasteiger partial charge in [-0.2, -0.15) is 0 Å². The molecule has 37 heavy (non-hydrogen) atoms. The van der Waals surface area contributed by atoms with Crippen LogP contribution in [0.25, 0.3) is 0 Å². The van der Waals surface area contributed by atoms with Crippen molar-refractivity contribution in [2.24, 2.45) is 5.16 Å². The Morgan fingerprint density at radius 3 is 2.78 bits per heavy atom. The molecule has 4 heterocycles. The maximum absolute atomic E-state index is 12.9. The van der Waals surface area contributed by atoms with Crippen LogP contribution in [0.2, 0.25) is 0 Å². The molecule has 2 saturated heterocycles. The lowest BCUT2D eigenvalue weighted by Crippen LogP contribution is -2.71. The van der Waals surface area contributed by atoms with Crippen LogP contribution < -0.4 is 16.4 Å². The van der Waals surface area contributed by atoms with E-state index in [0.717, 1.165) is 16.2 Å². The largest absolute Gasteiger partial charge is 0.477 e. The molecular weight excluding hydrogens is 542 g/mol. The maximum Gasteiger partial charge on any atom is 0.352 e. The van der Waals surface area contributed by atoms with Crippen LogP contribution in [-0.2, 0) is 19.2 Å². The van der Waals surface area contributed by atoms with Gasteiger partial charge in [0.25, 0.3) is 11.8 Å². The van der Waals surface area contributed by atoms with E-state index in [4.69, 9.17) is 5.73 Å². The predicted octanol–water partition coefficient (Wildman–Crippen LogP) is -0.292. The summed E-state index contributed by atoms with van der Waals surface area (Å²) in [6.07, 6.45) is 2.34. The number of carboxylic acid groups (broad SMARTS) is 1. The quantitative estimate of drug-likeness (QED) is 0.120. The molecule has 1 aromatic heterocycles. The molecule has 16 heteroatoms. The minimum atomic E-state index is -1.25. The van der Waals surface area contributed by atoms with Gasteiger partial charge in [0.1, 0.15) is 22.8 Å². The second-order valence-corrected chi connectivity index (χ2v) is 11.8. The van der Waals surface area contributed by atoms with E-state index in [0.29, 0.717) is 24.3 Å². The molecule has 1 aromatic rings. The molecule has 2 fully saturated rings. The summed E-state index contributed by atoms with van der Waals surface area (Å²) < 4.78 is 0. The predicted molar refractivity (Wildman–Crippen MR) is 140 cm³/mol. The highest BCUT2D eigenvalue weighted by atomic mass is 32.2. The number of amides is 3. The van der Waals surface area contributed by atoms with Crippen LogP contribution in [0.5, 0.6) is 0 Å². The Bertz CT molecular complexity index is 1210. The van der Waals surface area contributed by atoms with Gasteiger partial charge in [0, 0.05) is 37.0 Å². The molecule has 3 amide bonds. The zero-order valence-electron chi connectivity index (χ0n) is 19.8. The molecule has 13 nitrogen and oxygen atoms in total. The fourth-order valence-corrected chi connectivity index (χ4v) is 6.96. The van der Waals surface area contributed by atoms with Crippen molar-refractivity contribution in [1.29, 1.82) is 0 Å². The topological polar surface area (TPSA) is 191 Å². The average Bonchev–Trinajstić information content (AvgIpc) is 3.51. The van der Waals surface area contributed by atoms with E-state index >= 15 is 0 Å². The SMILES string of the molecule is CN(C)C(=O)[C@@H]1C[C@H](S/C=C/C2=C(C(=O)O)N3C(=O)[C@@H](NC(=O)C(=NO)c4csc(N)n4)[C@H]3SC2)CN1. The van der Waals surface area contributed by atoms with Crippen LogP contribution in [0.1, 0.15) is 12.1 Å². The Morgan fingerprint density at radius 2 is 2.16 bits per heavy atom. The molecule has 4 atom stereocenters. The number of nitrogens with zero attached hydrogens (tertiary/aromatic N) is 4. The highest BCUT2D eigenvalue weighted by Gasteiger charge is 2.54. The minimum Gasteiger partial charge on any atom is -0.477 e. The molecule has 0 radical (unpaired) electrons. The summed E-state index contributed by atoms with van der Waals surface area (Å²) in [4.78, 5) is 56.3. The Morgan fingerprint density at radius 1 is 1.41 bits per heavy atom. The molecule has 3 aliphatic rings. The first-order valence-corrected chi connectivity index (χ1v) is 13.9. The van der Waals surface area contributed by atoms with Gasteiger partial charge in [-0.15, -0.1) is 34.9 Å². The lowest BCUT2D eigenvalue weighted by molar-refractivity contribution is -0.150. The third-order valence-electron chi connectivity index (χ3n) is 5.94. The Balaban J connectivity index is 1.40. The number of oxime groups is 1. The fraction of sp³-hybridized carbons (Fsp3) is 0.429. The van der Waals surface area contributed by atoms with Crippen molar-refractivity contribution in [2.75, 3.05) is 32.1 Å². The highest BCUT2D eigenvalue weighted by molar-refractivity contribution is 8.02. The number of aliphatic carboxylic acids is 1. The summed E-state index contributed by atoms with van der Waals surface area (Å²) in [6.45, 7) is 0.652. The zero-order chi connectivity index (χ0) is 26.9. The van der Waals surface area contributed by atoms with Crippen LogP contribution in [0.3, 0.4) is 0 Å². The third kappa shape index (κ3) is 5.46. The summed E-state index contributed by atoms with van der Waals surface area (Å²) in [5, 5.41) is 30.7. The molecule has 0 unspecified atom stereocenters. The number of β-lactam (4-membered cyclic amide) rings is 1. The lowest BCUT2D eigenvalue weighted by atomic mass is 10.0. The summed E-state index contributed by atoms with van der Waals surface area (Å²) >= 11 is 3.87. The molecule has 198 valence electrons. The van der Waals surface area contributed by atoms with E-state index in [1.165, 1.54) is 28.9 Å². The molecule has 0 spiro atoms. The molecular formula is C21H25N7O6S3. The molecule has 0 aliphatic carbocycles. The smallest absolute Gasteiger partial charge is 0.352 e. The molecule has 0 saturated carbocycles. The van der Waals surface area contributed by atoms with Crippen molar-refractivity contribution in [3.05, 3.63) is 33.8 Å². The molecule has 0 aromatic carbocycles. The van der Waals surface area contributed by atoms with Crippen molar-refractivity contribution in [3.63, 3.8) is 0 Å². The lowest BCUT2D eigenvalue weighted by Gasteiger charge is -2.49. The van der Waals surface area contributed by atoms with Crippen LogP contribution >= 0.6 is 34.9 Å². The Hall–Kier alpha value is -3.08. The van der Waals surface area contributed by atoms with Gasteiger partial charge < -0.3 is 31.6 Å². The van der Waals surface area contributed by atoms with Crippen LogP contribution in [-0.4, -0.2) is 104 Å². The number of hydrogen-bond acceptors (Lipinski definition) is 12. The van der Waals surface area contributed by atoms with E-state index in [-0.39, 0.29) is 33.7 Å². The van der Waals surface area contributed by atoms with Gasteiger partial charge in [0.2, 0.25) is 5.91 Å². The van der Waals surface area contributed by atoms with E-state index in [9.17, 15) is 29.5 Å². The Kier molecular flexibility index (Phi) is 8.11. The van der Waals surface area contributed by atoms with E-state index in [1.54, 1.807) is 30.5 Å². The molecule has 6 N–H and O–H groups in total. The first-order chi connectivity index (χ1) is 17.6. The standard InChI is InChI=1S/C21H25N7O6S3/c1-27(2)17(30)11-5-10(6-23-11)35-4-3-9-7-36-19-14(18(31)28(19)15(9)20(32)33)25-16(29)13(26-34)12-8-37-21(22)24-12/h3-4,8,10-11,14,19,23,34H,5-7H2,1-2H3,(H2,22,24)(H,25,29)(H,32,33)/b4-3+,26-13?/t10-,11-,14+,19+/m0/s1. The van der Waals surface area contributed by atoms with Gasteiger partial charge in [0.05, 0.1) is 6.04 Å². The van der Waals surface area contributed by atoms with E-state index in [1.807, 2.05) is 0 Å². The average molecular weight is 568 g/mol. The molecule has 4 rings (SSSR count). The zero-order valence-corrected chi connectivity index (χ0v) is 22.2. The number of carboxylic acids is 1. The maximum atomic E-state index is 12.9. The van der Waals surface area contributed by atoms with Gasteiger partial charge in [-0.25, -0.2) is 9.78 Å². The molecule has 3 aliphatic heterocycles. The number of rotatable bonds is 8. The number of likely N-dealkylation sites (N-methyl/N-ethyl adjacent to an activating group) is 1. The fourth-order valence-electron chi connectivity index (χ4n) is 4.13. The number of carbonyl (C=O) groups is 4. The second-order valence-electron chi connectivity index (χ2n) is 8.55. The van der Waals surface area contributed by atoms with E-state index < -0.39 is 34.9 Å². The highest BCUT2D eigenvalue weighted by Crippen LogP contribution is 2.41. The summed E-state index contributed by atoms with van der Waals surface area (Å²) in [5.41, 5.74) is 5.57. The van der Waals surface area contributed by atoms with Gasteiger partial charge in [-0.3, -0.25) is 19.3 Å². The van der Waals surface area contributed by atoms with Gasteiger partial charge in [-0.05, 0) is 23.5 Å². The number of nitrogen functional groups attached to an aromatic ring is 1. The minimum absolute atomic E-state index is 0.0173. The van der Waals surface area contributed by atoms with Crippen molar-refractivity contribution >= 4 is 69.4 Å². The van der Waals surface area contributed by atoms with Gasteiger partial charge in [0.15, 0.2) is 10.8 Å². The number of hydrogen-bond donors (Lipinski definition) is 5. The van der Waals surface area contributed by atoms with Gasteiger partial charge in [-0.1, -0.05) is 5.16 Å². The Labute approximate surface area is 224 Å². The van der Waals surface area contributed by atoms with E-state index in [2.05, 4.69) is 20.8 Å². The first kappa shape index (κ1) is 27.0. The van der Waals surface area contributed by atoms with Gasteiger partial charge >= 0.3 is 5.97 Å². The number of fused-ring (bicyclic) bond motifs is 1. The number of thioether (sulfide) groups is 2. The number of carbonyl (C=O) groups excluding carboxylic acids is 3. The number of anilines is 1. The van der Waals surface area contributed by atoms with Crippen molar-refractivity contribution in [1.82, 2.24) is 25.4 Å². The summed E-state index contributed by atoms with van der Waals surface area (Å²) in [7, 11) is 3.42. The van der Waals surface area contributed by atoms with Crippen LogP contribution in [0.15, 0.2) is 33.3 Å². The van der Waals surface area contributed by atoms with Crippen molar-refractivity contribution in [2.45, 2.75) is 29.1 Å². The summed E-state index contributed by atoms with van der Waals surface area (Å²) in [5.74, 6) is -2.33. The number of nitrogens with one attached hydrogen (secondary N) is 2. The first-order valence-electron chi connectivity index (χ1n) is 11.0. The summed E-state index contributed by atoms with van der Waals surface area (Å²) in [6, 6.07) is -1.23. The van der Waals surface area contributed by atoms with Crippen molar-refractivity contribution in [3.8, 4) is 0 Å². The monoisotopic (exact) mass is 567 g/mol. The normalized spacial score (nSPS) is 25.7. The number of allylic oxidation sites excluding steroid dienone is 1. The van der Waals surface area contributed by atoms with Crippen LogP contribution in [0.4, 0.5) is 5.13 Å². The second kappa shape index (κ2) is 11.1. The number of thiazole rings is 1. The number of nitrogens with two attached hydrogens (primary N) is 1. The molecule has 0 bridgehead atoms. The number of aromatic nitrogens is 1. The van der Waals surface area contributed by atoms with Crippen LogP contribution in [0, 0.1) is 0 Å².